The summed E-state index contributed by atoms with van der Waals surface area (Å²) in [5, 5.41) is 0. The van der Waals surface area contributed by atoms with E-state index < -0.39 is 0 Å². The molecule has 0 saturated carbocycles. The SMILES string of the molecule is Cn1c(=O)n(CC(C)(C)C)c2ccc(-c3cccc(CN4CCN(C(=O)C(C)(C)C)CC4)c3)nc21. The predicted octanol–water partition coefficient (Wildman–Crippen LogP) is 4.14. The normalized spacial score (nSPS) is 15.7. The van der Waals surface area contributed by atoms with E-state index in [1.54, 1.807) is 11.6 Å². The zero-order valence-corrected chi connectivity index (χ0v) is 22.3. The summed E-state index contributed by atoms with van der Waals surface area (Å²) >= 11 is 0. The third-order valence-corrected chi connectivity index (χ3v) is 6.54. The molecule has 4 rings (SSSR count). The highest BCUT2D eigenvalue weighted by molar-refractivity contribution is 5.81. The zero-order valence-electron chi connectivity index (χ0n) is 22.3. The molecule has 35 heavy (non-hydrogen) atoms. The number of imidazole rings is 1. The first-order chi connectivity index (χ1) is 16.3. The maximum Gasteiger partial charge on any atom is 0.330 e. The number of pyridine rings is 1. The number of hydrogen-bond donors (Lipinski definition) is 0. The van der Waals surface area contributed by atoms with Crippen LogP contribution in [0.1, 0.15) is 47.1 Å². The Hall–Kier alpha value is -2.93. The van der Waals surface area contributed by atoms with Gasteiger partial charge in [-0.05, 0) is 29.2 Å². The minimum atomic E-state index is -0.332. The minimum Gasteiger partial charge on any atom is -0.340 e. The van der Waals surface area contributed by atoms with Gasteiger partial charge < -0.3 is 4.90 Å². The van der Waals surface area contributed by atoms with Crippen molar-refractivity contribution >= 4 is 17.1 Å². The molecule has 3 heterocycles. The second kappa shape index (κ2) is 9.26. The van der Waals surface area contributed by atoms with Crippen LogP contribution in [0.2, 0.25) is 0 Å². The molecule has 0 aliphatic carbocycles. The van der Waals surface area contributed by atoms with E-state index in [0.717, 1.165) is 49.5 Å². The molecule has 0 radical (unpaired) electrons. The fourth-order valence-electron chi connectivity index (χ4n) is 4.73. The van der Waals surface area contributed by atoms with Gasteiger partial charge in [0.1, 0.15) is 0 Å². The molecule has 1 saturated heterocycles. The van der Waals surface area contributed by atoms with Crippen molar-refractivity contribution in [2.45, 2.75) is 54.6 Å². The molecule has 188 valence electrons. The van der Waals surface area contributed by atoms with Crippen LogP contribution in [0, 0.1) is 10.8 Å². The fraction of sp³-hybridized carbons (Fsp3) is 0.536. The van der Waals surface area contributed by atoms with Crippen molar-refractivity contribution in [2.24, 2.45) is 17.9 Å². The molecule has 0 N–H and O–H groups in total. The minimum absolute atomic E-state index is 0.00334. The monoisotopic (exact) mass is 477 g/mol. The molecule has 1 amide bonds. The van der Waals surface area contributed by atoms with Crippen molar-refractivity contribution in [3.8, 4) is 11.3 Å². The molecule has 0 unspecified atom stereocenters. The van der Waals surface area contributed by atoms with Crippen molar-refractivity contribution in [2.75, 3.05) is 26.2 Å². The highest BCUT2D eigenvalue weighted by atomic mass is 16.2. The molecular formula is C28H39N5O2. The first-order valence-corrected chi connectivity index (χ1v) is 12.5. The molecule has 1 aliphatic heterocycles. The highest BCUT2D eigenvalue weighted by Gasteiger charge is 2.29. The average molecular weight is 478 g/mol. The first kappa shape index (κ1) is 25.2. The van der Waals surface area contributed by atoms with Crippen LogP contribution in [0.15, 0.2) is 41.2 Å². The van der Waals surface area contributed by atoms with Gasteiger partial charge in [-0.15, -0.1) is 0 Å². The number of aromatic nitrogens is 3. The highest BCUT2D eigenvalue weighted by Crippen LogP contribution is 2.25. The van der Waals surface area contributed by atoms with E-state index in [0.29, 0.717) is 12.2 Å². The van der Waals surface area contributed by atoms with Crippen LogP contribution in [0.25, 0.3) is 22.4 Å². The topological polar surface area (TPSA) is 63.4 Å². The van der Waals surface area contributed by atoms with E-state index in [1.807, 2.05) is 42.4 Å². The summed E-state index contributed by atoms with van der Waals surface area (Å²) in [7, 11) is 1.79. The second-order valence-electron chi connectivity index (χ2n) is 12.0. The van der Waals surface area contributed by atoms with Crippen LogP contribution >= 0.6 is 0 Å². The Bertz CT molecular complexity index is 1280. The number of nitrogens with zero attached hydrogens (tertiary/aromatic N) is 5. The lowest BCUT2D eigenvalue weighted by molar-refractivity contribution is -0.141. The molecule has 7 nitrogen and oxygen atoms in total. The first-order valence-electron chi connectivity index (χ1n) is 12.5. The molecule has 1 fully saturated rings. The summed E-state index contributed by atoms with van der Waals surface area (Å²) in [5.41, 5.74) is 4.34. The summed E-state index contributed by atoms with van der Waals surface area (Å²) in [6.45, 7) is 17.1. The Labute approximate surface area is 208 Å². The van der Waals surface area contributed by atoms with Crippen molar-refractivity contribution in [1.82, 2.24) is 23.9 Å². The molecule has 1 aromatic carbocycles. The van der Waals surface area contributed by atoms with Crippen LogP contribution in [0.3, 0.4) is 0 Å². The lowest BCUT2D eigenvalue weighted by Gasteiger charge is -2.37. The molecule has 3 aromatic rings. The predicted molar refractivity (Wildman–Crippen MR) is 141 cm³/mol. The molecule has 0 atom stereocenters. The number of rotatable bonds is 4. The maximum atomic E-state index is 12.9. The Morgan fingerprint density at radius 1 is 0.971 bits per heavy atom. The van der Waals surface area contributed by atoms with Crippen molar-refractivity contribution in [3.63, 3.8) is 0 Å². The van der Waals surface area contributed by atoms with Gasteiger partial charge in [0.25, 0.3) is 0 Å². The Balaban J connectivity index is 1.51. The van der Waals surface area contributed by atoms with Gasteiger partial charge in [0.05, 0.1) is 11.2 Å². The molecular weight excluding hydrogens is 438 g/mol. The van der Waals surface area contributed by atoms with Gasteiger partial charge in [-0.25, -0.2) is 9.78 Å². The maximum absolute atomic E-state index is 12.9. The van der Waals surface area contributed by atoms with E-state index in [1.165, 1.54) is 5.56 Å². The molecule has 0 spiro atoms. The third-order valence-electron chi connectivity index (χ3n) is 6.54. The van der Waals surface area contributed by atoms with Crippen molar-refractivity contribution in [3.05, 3.63) is 52.4 Å². The summed E-state index contributed by atoms with van der Waals surface area (Å²) in [6, 6.07) is 12.5. The van der Waals surface area contributed by atoms with Gasteiger partial charge in [-0.2, -0.15) is 0 Å². The van der Waals surface area contributed by atoms with Crippen LogP contribution in [-0.2, 0) is 24.9 Å². The van der Waals surface area contributed by atoms with E-state index in [9.17, 15) is 9.59 Å². The number of aryl methyl sites for hydroxylation is 1. The van der Waals surface area contributed by atoms with Crippen LogP contribution < -0.4 is 5.69 Å². The summed E-state index contributed by atoms with van der Waals surface area (Å²) in [4.78, 5) is 34.7. The largest absolute Gasteiger partial charge is 0.340 e. The quantitative estimate of drug-likeness (QED) is 0.567. The molecule has 1 aliphatic rings. The van der Waals surface area contributed by atoms with Crippen LogP contribution in [0.5, 0.6) is 0 Å². The number of carbonyl (C=O) groups is 1. The number of fused-ring (bicyclic) bond motifs is 1. The summed E-state index contributed by atoms with van der Waals surface area (Å²) in [6.07, 6.45) is 0. The van der Waals surface area contributed by atoms with Gasteiger partial charge in [0, 0.05) is 57.3 Å². The smallest absolute Gasteiger partial charge is 0.330 e. The fourth-order valence-corrected chi connectivity index (χ4v) is 4.73. The molecule has 2 aromatic heterocycles. The van der Waals surface area contributed by atoms with E-state index in [4.69, 9.17) is 4.98 Å². The molecule has 7 heteroatoms. The number of piperazine rings is 1. The Morgan fingerprint density at radius 2 is 1.66 bits per heavy atom. The van der Waals surface area contributed by atoms with Crippen LogP contribution in [0.4, 0.5) is 0 Å². The number of carbonyl (C=O) groups excluding carboxylic acids is 1. The lowest BCUT2D eigenvalue weighted by atomic mass is 9.94. The average Bonchev–Trinajstić information content (AvgIpc) is 3.02. The van der Waals surface area contributed by atoms with Gasteiger partial charge >= 0.3 is 5.69 Å². The third kappa shape index (κ3) is 5.50. The second-order valence-corrected chi connectivity index (χ2v) is 12.0. The standard InChI is InChI=1S/C28H39N5O2/c1-27(2,3)19-33-23-12-11-22(29-24(23)30(7)26(33)35)21-10-8-9-20(17-21)18-31-13-15-32(16-14-31)25(34)28(4,5)6/h8-12,17H,13-16,18-19H2,1-7H3. The number of benzene rings is 1. The van der Waals surface area contributed by atoms with Crippen molar-refractivity contribution in [1.29, 1.82) is 0 Å². The summed E-state index contributed by atoms with van der Waals surface area (Å²) < 4.78 is 3.47. The van der Waals surface area contributed by atoms with Crippen LogP contribution in [-0.4, -0.2) is 56.0 Å². The zero-order chi connectivity index (χ0) is 25.5. The number of amides is 1. The van der Waals surface area contributed by atoms with Gasteiger partial charge in [0.15, 0.2) is 5.65 Å². The lowest BCUT2D eigenvalue weighted by Crippen LogP contribution is -2.51. The van der Waals surface area contributed by atoms with Crippen molar-refractivity contribution < 1.29 is 4.79 Å². The Morgan fingerprint density at radius 3 is 2.29 bits per heavy atom. The number of hydrogen-bond acceptors (Lipinski definition) is 4. The Kier molecular flexibility index (Phi) is 6.66. The van der Waals surface area contributed by atoms with E-state index >= 15 is 0 Å². The van der Waals surface area contributed by atoms with Gasteiger partial charge in [-0.1, -0.05) is 59.7 Å². The van der Waals surface area contributed by atoms with Gasteiger partial charge in [0.2, 0.25) is 5.91 Å². The molecule has 0 bridgehead atoms. The van der Waals surface area contributed by atoms with E-state index in [2.05, 4.69) is 49.9 Å². The summed E-state index contributed by atoms with van der Waals surface area (Å²) in [5.74, 6) is 0.228. The van der Waals surface area contributed by atoms with Gasteiger partial charge in [-0.3, -0.25) is 18.8 Å². The van der Waals surface area contributed by atoms with E-state index in [-0.39, 0.29) is 22.4 Å².